The van der Waals surface area contributed by atoms with E-state index < -0.39 is 29.8 Å². The second-order valence-electron chi connectivity index (χ2n) is 12.9. The molecular formula is C39H38ClF2N3O5. The van der Waals surface area contributed by atoms with Gasteiger partial charge >= 0.3 is 5.97 Å². The molecule has 0 radical (unpaired) electrons. The van der Waals surface area contributed by atoms with Crippen LogP contribution in [0.5, 0.6) is 5.75 Å². The van der Waals surface area contributed by atoms with Crippen molar-refractivity contribution < 1.29 is 33.3 Å². The summed E-state index contributed by atoms with van der Waals surface area (Å²) in [4.78, 5) is 31.5. The predicted molar refractivity (Wildman–Crippen MR) is 188 cm³/mol. The van der Waals surface area contributed by atoms with Gasteiger partial charge < -0.3 is 24.4 Å². The van der Waals surface area contributed by atoms with Crippen LogP contribution in [0, 0.1) is 11.6 Å². The fourth-order valence-electron chi connectivity index (χ4n) is 7.07. The Balaban J connectivity index is 0.00000432. The van der Waals surface area contributed by atoms with Crippen LogP contribution in [0.1, 0.15) is 88.9 Å². The molecule has 2 aliphatic rings. The van der Waals surface area contributed by atoms with Crippen LogP contribution in [0.25, 0.3) is 22.4 Å². The Bertz CT molecular complexity index is 2000. The van der Waals surface area contributed by atoms with Gasteiger partial charge in [-0.15, -0.1) is 12.4 Å². The number of imidazole rings is 1. The number of carboxylic acids is 1. The molecule has 1 saturated carbocycles. The fourth-order valence-corrected chi connectivity index (χ4v) is 7.07. The molecule has 0 bridgehead atoms. The molecule has 1 aromatic heterocycles. The highest BCUT2D eigenvalue weighted by Gasteiger charge is 2.27. The minimum atomic E-state index is -1.06. The fraction of sp³-hybridized carbons (Fsp3) is 0.308. The van der Waals surface area contributed by atoms with Crippen molar-refractivity contribution in [3.8, 4) is 17.1 Å². The number of amides is 1. The monoisotopic (exact) mass is 701 g/mol. The highest BCUT2D eigenvalue weighted by Crippen LogP contribution is 2.38. The maximum absolute atomic E-state index is 16.2. The first-order valence-corrected chi connectivity index (χ1v) is 16.8. The largest absolute Gasteiger partial charge is 0.481 e. The molecule has 1 atom stereocenters. The van der Waals surface area contributed by atoms with Crippen molar-refractivity contribution in [3.05, 3.63) is 119 Å². The van der Waals surface area contributed by atoms with Gasteiger partial charge in [0.15, 0.2) is 0 Å². The molecule has 2 heterocycles. The topological polar surface area (TPSA) is 105 Å². The van der Waals surface area contributed by atoms with Gasteiger partial charge in [-0.2, -0.15) is 0 Å². The van der Waals surface area contributed by atoms with Crippen LogP contribution in [0.4, 0.5) is 8.78 Å². The first kappa shape index (κ1) is 35.0. The van der Waals surface area contributed by atoms with Crippen molar-refractivity contribution in [2.75, 3.05) is 13.1 Å². The second kappa shape index (κ2) is 15.0. The predicted octanol–water partition coefficient (Wildman–Crippen LogP) is 8.37. The number of likely N-dealkylation sites (tertiary alicyclic amines) is 1. The average molecular weight is 702 g/mol. The van der Waals surface area contributed by atoms with E-state index in [-0.39, 0.29) is 41.2 Å². The molecule has 260 valence electrons. The third kappa shape index (κ3) is 7.22. The molecule has 1 unspecified atom stereocenters. The van der Waals surface area contributed by atoms with E-state index in [0.29, 0.717) is 54.0 Å². The molecule has 1 aliphatic carbocycles. The van der Waals surface area contributed by atoms with Crippen LogP contribution in [0.15, 0.2) is 84.9 Å². The summed E-state index contributed by atoms with van der Waals surface area (Å²) in [5, 5.41) is 19.5. The van der Waals surface area contributed by atoms with Gasteiger partial charge in [0.25, 0.3) is 5.91 Å². The van der Waals surface area contributed by atoms with E-state index in [0.717, 1.165) is 37.6 Å². The lowest BCUT2D eigenvalue weighted by atomic mass is 9.94. The van der Waals surface area contributed by atoms with Crippen molar-refractivity contribution in [2.24, 2.45) is 0 Å². The first-order chi connectivity index (χ1) is 23.7. The molecule has 2 N–H and O–H groups in total. The number of carboxylic acid groups (broad SMARTS) is 1. The van der Waals surface area contributed by atoms with E-state index in [1.165, 1.54) is 24.3 Å². The van der Waals surface area contributed by atoms with E-state index in [4.69, 9.17) is 9.72 Å². The van der Waals surface area contributed by atoms with Crippen molar-refractivity contribution in [2.45, 2.75) is 63.2 Å². The van der Waals surface area contributed by atoms with Gasteiger partial charge in [-0.1, -0.05) is 43.5 Å². The number of aliphatic hydroxyl groups excluding tert-OH is 1. The van der Waals surface area contributed by atoms with Crippen LogP contribution in [0.3, 0.4) is 0 Å². The SMILES string of the molecule is Cl.O=C(O)c1ccc2c(c1)nc(-c1ccc(OC(c3ccc(F)cc3)c3cccc(C(=O)N4CCC(O)CC4)c3)cc1F)n2C1CCCCC1. The van der Waals surface area contributed by atoms with Crippen molar-refractivity contribution in [3.63, 3.8) is 0 Å². The number of benzene rings is 4. The maximum atomic E-state index is 16.2. The minimum Gasteiger partial charge on any atom is -0.481 e. The summed E-state index contributed by atoms with van der Waals surface area (Å²) in [5.41, 5.74) is 3.34. The van der Waals surface area contributed by atoms with Gasteiger partial charge in [-0.25, -0.2) is 18.6 Å². The third-order valence-electron chi connectivity index (χ3n) is 9.67. The lowest BCUT2D eigenvalue weighted by molar-refractivity contribution is 0.0545. The summed E-state index contributed by atoms with van der Waals surface area (Å²) in [6, 6.07) is 22.4. The van der Waals surface area contributed by atoms with Crippen molar-refractivity contribution in [1.29, 1.82) is 0 Å². The number of carbonyl (C=O) groups is 2. The summed E-state index contributed by atoms with van der Waals surface area (Å²) < 4.78 is 38.6. The molecule has 1 saturated heterocycles. The Morgan fingerprint density at radius 2 is 1.56 bits per heavy atom. The van der Waals surface area contributed by atoms with Gasteiger partial charge in [-0.3, -0.25) is 4.79 Å². The molecule has 50 heavy (non-hydrogen) atoms. The number of hydrogen-bond acceptors (Lipinski definition) is 5. The normalized spacial score (nSPS) is 16.2. The summed E-state index contributed by atoms with van der Waals surface area (Å²) in [6.45, 7) is 0.923. The number of aromatic carboxylic acids is 1. The molecule has 1 amide bonds. The number of fused-ring (bicyclic) bond motifs is 1. The number of aliphatic hydroxyl groups is 1. The second-order valence-corrected chi connectivity index (χ2v) is 12.9. The molecule has 2 fully saturated rings. The Labute approximate surface area is 294 Å². The van der Waals surface area contributed by atoms with Crippen LogP contribution in [-0.4, -0.2) is 55.7 Å². The maximum Gasteiger partial charge on any atom is 0.335 e. The van der Waals surface area contributed by atoms with Crippen LogP contribution >= 0.6 is 12.4 Å². The Morgan fingerprint density at radius 1 is 0.820 bits per heavy atom. The highest BCUT2D eigenvalue weighted by atomic mass is 35.5. The molecule has 4 aromatic carbocycles. The summed E-state index contributed by atoms with van der Waals surface area (Å²) in [7, 11) is 0. The number of rotatable bonds is 8. The number of carbonyl (C=O) groups excluding carboxylic acids is 1. The molecule has 0 spiro atoms. The average Bonchev–Trinajstić information content (AvgIpc) is 3.50. The lowest BCUT2D eigenvalue weighted by Gasteiger charge is -2.30. The molecular weight excluding hydrogens is 664 g/mol. The number of piperidine rings is 1. The Hall–Kier alpha value is -4.80. The van der Waals surface area contributed by atoms with E-state index >= 15 is 4.39 Å². The van der Waals surface area contributed by atoms with Gasteiger partial charge in [0.2, 0.25) is 0 Å². The summed E-state index contributed by atoms with van der Waals surface area (Å²) in [6.07, 6.45) is 4.92. The summed E-state index contributed by atoms with van der Waals surface area (Å²) >= 11 is 0. The van der Waals surface area contributed by atoms with Crippen molar-refractivity contribution >= 4 is 35.3 Å². The highest BCUT2D eigenvalue weighted by molar-refractivity contribution is 5.95. The smallest absolute Gasteiger partial charge is 0.335 e. The van der Waals surface area contributed by atoms with Gasteiger partial charge in [0, 0.05) is 30.8 Å². The van der Waals surface area contributed by atoms with Gasteiger partial charge in [0.05, 0.1) is 28.3 Å². The third-order valence-corrected chi connectivity index (χ3v) is 9.67. The molecule has 1 aliphatic heterocycles. The van der Waals surface area contributed by atoms with E-state index in [9.17, 15) is 24.2 Å². The Kier molecular flexibility index (Phi) is 10.5. The zero-order chi connectivity index (χ0) is 34.1. The quantitative estimate of drug-likeness (QED) is 0.169. The van der Waals surface area contributed by atoms with Crippen LogP contribution < -0.4 is 4.74 Å². The minimum absolute atomic E-state index is 0. The first-order valence-electron chi connectivity index (χ1n) is 16.8. The number of hydrogen-bond donors (Lipinski definition) is 2. The van der Waals surface area contributed by atoms with E-state index in [1.54, 1.807) is 59.5 Å². The lowest BCUT2D eigenvalue weighted by Crippen LogP contribution is -2.40. The van der Waals surface area contributed by atoms with E-state index in [2.05, 4.69) is 0 Å². The molecule has 5 aromatic rings. The zero-order valence-corrected chi connectivity index (χ0v) is 28.1. The van der Waals surface area contributed by atoms with Gasteiger partial charge in [0.1, 0.15) is 29.3 Å². The van der Waals surface area contributed by atoms with Crippen LogP contribution in [0.2, 0.25) is 0 Å². The molecule has 8 nitrogen and oxygen atoms in total. The number of nitrogens with zero attached hydrogens (tertiary/aromatic N) is 3. The molecule has 11 heteroatoms. The molecule has 7 rings (SSSR count). The standard InChI is InChI=1S/C39H37F2N3O5.ClH/c40-28-12-9-24(10-13-28)36(25-5-4-6-26(21-25)38(46)43-19-17-30(45)18-20-43)49-31-14-15-32(33(41)23-31)37-42-34-22-27(39(47)48)11-16-35(34)44(37)29-7-2-1-3-8-29;/h4-6,9-16,21-23,29-30,36,45H,1-3,7-8,17-20H2,(H,47,48);1H. The van der Waals surface area contributed by atoms with Gasteiger partial charge in [-0.05, 0) is 91.4 Å². The zero-order valence-electron chi connectivity index (χ0n) is 27.3. The summed E-state index contributed by atoms with van der Waals surface area (Å²) in [5.74, 6) is -1.52. The van der Waals surface area contributed by atoms with Crippen LogP contribution in [-0.2, 0) is 0 Å². The van der Waals surface area contributed by atoms with Crippen molar-refractivity contribution in [1.82, 2.24) is 14.5 Å². The number of ether oxygens (including phenoxy) is 1. The Morgan fingerprint density at radius 3 is 2.26 bits per heavy atom. The number of halogens is 3. The van der Waals surface area contributed by atoms with E-state index in [1.807, 2.05) is 10.6 Å². The number of aromatic nitrogens is 2.